The van der Waals surface area contributed by atoms with Crippen LogP contribution in [0.3, 0.4) is 0 Å². The summed E-state index contributed by atoms with van der Waals surface area (Å²) in [4.78, 5) is 53.7. The summed E-state index contributed by atoms with van der Waals surface area (Å²) < 4.78 is 22.2. The highest BCUT2D eigenvalue weighted by Gasteiger charge is 2.39. The lowest BCUT2D eigenvalue weighted by Crippen LogP contribution is -2.53. The third-order valence-electron chi connectivity index (χ3n) is 10.1. The fraction of sp³-hybridized carbons (Fsp3) is 0.306. The number of alkyl carbamates (subject to hydrolysis) is 1. The highest BCUT2D eigenvalue weighted by atomic mass is 16.6. The number of carbonyl (C=O) groups excluding carboxylic acids is 4. The van der Waals surface area contributed by atoms with E-state index in [9.17, 15) is 19.2 Å². The molecule has 11 nitrogen and oxygen atoms in total. The fourth-order valence-electron chi connectivity index (χ4n) is 7.46. The van der Waals surface area contributed by atoms with E-state index in [1.165, 1.54) is 0 Å². The number of rotatable bonds is 19. The number of benzene rings is 5. The standard InChI is InChI=1S/C49H53N3O8/c1-48(2,3)60-45(54)27-29-57-31-32-58-30-28-50-46(55)43(51-47(56)59-34-42-40-25-15-13-23-38(40)39-24-14-16-26-41(39)42)33-44(53)52-49(35-17-7-4-8-18-35,36-19-9-5-10-20-36)37-21-11-6-12-22-37/h4-26,42-43H,27-34H2,1-3H3,(H,50,55)(H,51,56)(H,52,53). The van der Waals surface area contributed by atoms with Gasteiger partial charge in [-0.25, -0.2) is 4.79 Å². The van der Waals surface area contributed by atoms with Gasteiger partial charge in [0.15, 0.2) is 0 Å². The largest absolute Gasteiger partial charge is 0.460 e. The predicted molar refractivity (Wildman–Crippen MR) is 229 cm³/mol. The maximum atomic E-state index is 14.4. The summed E-state index contributed by atoms with van der Waals surface area (Å²) in [6, 6.07) is 43.6. The van der Waals surface area contributed by atoms with Gasteiger partial charge in [-0.15, -0.1) is 0 Å². The maximum Gasteiger partial charge on any atom is 0.407 e. The average molecular weight is 812 g/mol. The van der Waals surface area contributed by atoms with Crippen LogP contribution in [0.5, 0.6) is 0 Å². The van der Waals surface area contributed by atoms with Crippen LogP contribution in [-0.4, -0.2) is 75.1 Å². The molecule has 1 unspecified atom stereocenters. The first-order valence-electron chi connectivity index (χ1n) is 20.3. The number of esters is 1. The zero-order valence-electron chi connectivity index (χ0n) is 34.4. The van der Waals surface area contributed by atoms with Crippen LogP contribution in [-0.2, 0) is 38.9 Å². The minimum Gasteiger partial charge on any atom is -0.460 e. The Morgan fingerprint density at radius 3 is 1.62 bits per heavy atom. The van der Waals surface area contributed by atoms with E-state index in [4.69, 9.17) is 18.9 Å². The molecule has 1 atom stereocenters. The average Bonchev–Trinajstić information content (AvgIpc) is 3.57. The molecule has 0 aliphatic heterocycles. The fourth-order valence-corrected chi connectivity index (χ4v) is 7.46. The molecule has 0 spiro atoms. The summed E-state index contributed by atoms with van der Waals surface area (Å²) >= 11 is 0. The summed E-state index contributed by atoms with van der Waals surface area (Å²) in [7, 11) is 0. The number of nitrogens with one attached hydrogen (secondary N) is 3. The molecule has 5 aromatic carbocycles. The molecule has 0 saturated carbocycles. The Balaban J connectivity index is 1.13. The zero-order chi connectivity index (χ0) is 42.4. The van der Waals surface area contributed by atoms with E-state index >= 15 is 0 Å². The Morgan fingerprint density at radius 2 is 1.10 bits per heavy atom. The summed E-state index contributed by atoms with van der Waals surface area (Å²) in [6.45, 7) is 6.37. The number of fused-ring (bicyclic) bond motifs is 3. The second-order valence-corrected chi connectivity index (χ2v) is 15.5. The second kappa shape index (κ2) is 20.6. The number of ether oxygens (including phenoxy) is 4. The smallest absolute Gasteiger partial charge is 0.407 e. The van der Waals surface area contributed by atoms with E-state index in [0.717, 1.165) is 38.9 Å². The van der Waals surface area contributed by atoms with Crippen LogP contribution in [0.1, 0.15) is 67.3 Å². The monoisotopic (exact) mass is 811 g/mol. The van der Waals surface area contributed by atoms with Gasteiger partial charge in [-0.1, -0.05) is 140 Å². The summed E-state index contributed by atoms with van der Waals surface area (Å²) in [6.07, 6.45) is -1.09. The van der Waals surface area contributed by atoms with Crippen LogP contribution in [0.25, 0.3) is 11.1 Å². The Labute approximate surface area is 351 Å². The molecule has 0 fully saturated rings. The maximum absolute atomic E-state index is 14.4. The Hall–Kier alpha value is -6.30. The molecule has 11 heteroatoms. The molecule has 0 saturated heterocycles. The van der Waals surface area contributed by atoms with Crippen LogP contribution in [0.2, 0.25) is 0 Å². The predicted octanol–water partition coefficient (Wildman–Crippen LogP) is 7.27. The number of carbonyl (C=O) groups is 4. The van der Waals surface area contributed by atoms with Crippen LogP contribution >= 0.6 is 0 Å². The van der Waals surface area contributed by atoms with E-state index in [2.05, 4.69) is 28.1 Å². The van der Waals surface area contributed by atoms with Crippen molar-refractivity contribution >= 4 is 23.9 Å². The molecule has 0 bridgehead atoms. The van der Waals surface area contributed by atoms with Crippen LogP contribution < -0.4 is 16.0 Å². The third-order valence-corrected chi connectivity index (χ3v) is 10.1. The van der Waals surface area contributed by atoms with E-state index in [0.29, 0.717) is 0 Å². The number of hydrogen-bond acceptors (Lipinski definition) is 8. The van der Waals surface area contributed by atoms with E-state index < -0.39 is 41.5 Å². The van der Waals surface area contributed by atoms with E-state index in [1.807, 2.05) is 127 Å². The van der Waals surface area contributed by atoms with Crippen molar-refractivity contribution < 1.29 is 38.1 Å². The van der Waals surface area contributed by atoms with Crippen LogP contribution in [0.4, 0.5) is 4.79 Å². The summed E-state index contributed by atoms with van der Waals surface area (Å²) in [5, 5.41) is 8.76. The third kappa shape index (κ3) is 11.2. The van der Waals surface area contributed by atoms with Crippen molar-refractivity contribution in [2.45, 2.75) is 56.7 Å². The first-order valence-corrected chi connectivity index (χ1v) is 20.3. The highest BCUT2D eigenvalue weighted by Crippen LogP contribution is 2.44. The normalized spacial score (nSPS) is 12.7. The van der Waals surface area contributed by atoms with Gasteiger partial charge in [0, 0.05) is 12.5 Å². The van der Waals surface area contributed by atoms with Gasteiger partial charge in [-0.2, -0.15) is 0 Å². The lowest BCUT2D eigenvalue weighted by molar-refractivity contribution is -0.156. The Morgan fingerprint density at radius 1 is 0.617 bits per heavy atom. The van der Waals surface area contributed by atoms with Crippen molar-refractivity contribution in [2.75, 3.05) is 39.6 Å². The Bertz CT molecular complexity index is 2050. The lowest BCUT2D eigenvalue weighted by atomic mass is 9.77. The van der Waals surface area contributed by atoms with Gasteiger partial charge < -0.3 is 34.9 Å². The molecular formula is C49H53N3O8. The van der Waals surface area contributed by atoms with Crippen molar-refractivity contribution in [3.8, 4) is 11.1 Å². The van der Waals surface area contributed by atoms with E-state index in [-0.39, 0.29) is 57.9 Å². The molecule has 0 heterocycles. The van der Waals surface area contributed by atoms with E-state index in [1.54, 1.807) is 20.8 Å². The minimum absolute atomic E-state index is 0.0349. The summed E-state index contributed by atoms with van der Waals surface area (Å²) in [5.41, 5.74) is 5.02. The van der Waals surface area contributed by atoms with Gasteiger partial charge in [0.2, 0.25) is 11.8 Å². The minimum atomic E-state index is -1.29. The molecule has 0 radical (unpaired) electrons. The van der Waals surface area contributed by atoms with Gasteiger partial charge in [0.1, 0.15) is 23.8 Å². The van der Waals surface area contributed by atoms with Gasteiger partial charge in [-0.3, -0.25) is 14.4 Å². The molecule has 312 valence electrons. The quantitative estimate of drug-likeness (QED) is 0.0450. The van der Waals surface area contributed by atoms with Crippen LogP contribution in [0.15, 0.2) is 140 Å². The molecule has 1 aliphatic carbocycles. The Kier molecular flexibility index (Phi) is 14.9. The molecule has 0 aromatic heterocycles. The molecule has 1 aliphatic rings. The van der Waals surface area contributed by atoms with Crippen LogP contribution in [0, 0.1) is 0 Å². The van der Waals surface area contributed by atoms with Gasteiger partial charge in [-0.05, 0) is 59.7 Å². The number of amides is 3. The van der Waals surface area contributed by atoms with Crippen molar-refractivity contribution in [1.29, 1.82) is 0 Å². The first kappa shape index (κ1) is 43.3. The molecule has 6 rings (SSSR count). The first-order chi connectivity index (χ1) is 29.0. The van der Waals surface area contributed by atoms with Crippen molar-refractivity contribution in [3.63, 3.8) is 0 Å². The van der Waals surface area contributed by atoms with Gasteiger partial charge in [0.25, 0.3) is 0 Å². The van der Waals surface area contributed by atoms with Crippen molar-refractivity contribution in [3.05, 3.63) is 167 Å². The molecule has 3 N–H and O–H groups in total. The SMILES string of the molecule is CC(C)(C)OC(=O)CCOCCOCCNC(=O)C(CC(=O)NC(c1ccccc1)(c1ccccc1)c1ccccc1)NC(=O)OCC1c2ccccc2-c2ccccc21. The molecular weight excluding hydrogens is 759 g/mol. The molecule has 3 amide bonds. The van der Waals surface area contributed by atoms with Crippen molar-refractivity contribution in [1.82, 2.24) is 16.0 Å². The van der Waals surface area contributed by atoms with Gasteiger partial charge in [0.05, 0.1) is 39.3 Å². The molecule has 5 aromatic rings. The summed E-state index contributed by atoms with van der Waals surface area (Å²) in [5.74, 6) is -1.60. The van der Waals surface area contributed by atoms with Gasteiger partial charge >= 0.3 is 12.1 Å². The topological polar surface area (TPSA) is 141 Å². The zero-order valence-corrected chi connectivity index (χ0v) is 34.4. The highest BCUT2D eigenvalue weighted by molar-refractivity contribution is 5.91. The second-order valence-electron chi connectivity index (χ2n) is 15.5. The lowest BCUT2D eigenvalue weighted by Gasteiger charge is -2.37. The molecule has 60 heavy (non-hydrogen) atoms. The van der Waals surface area contributed by atoms with Crippen molar-refractivity contribution in [2.24, 2.45) is 0 Å². The number of hydrogen-bond donors (Lipinski definition) is 3.